The topological polar surface area (TPSA) is 66.8 Å². The largest absolute Gasteiger partial charge is 0.465 e. The molecule has 0 fully saturated rings. The van der Waals surface area contributed by atoms with E-state index in [4.69, 9.17) is 14.9 Å². The first-order chi connectivity index (χ1) is 11.7. The third-order valence-corrected chi connectivity index (χ3v) is 4.62. The van der Waals surface area contributed by atoms with Crippen LogP contribution in [-0.4, -0.2) is 36.0 Å². The van der Waals surface area contributed by atoms with E-state index in [0.717, 1.165) is 25.7 Å². The molecule has 0 aliphatic rings. The van der Waals surface area contributed by atoms with Crippen LogP contribution in [0.5, 0.6) is 0 Å². The van der Waals surface area contributed by atoms with E-state index in [1.807, 2.05) is 0 Å². The molecule has 0 aromatic rings. The summed E-state index contributed by atoms with van der Waals surface area (Å²) in [5, 5.41) is 18.1. The summed E-state index contributed by atoms with van der Waals surface area (Å²) in [7, 11) is 0. The van der Waals surface area contributed by atoms with Crippen molar-refractivity contribution >= 4 is 5.97 Å². The molecule has 0 aliphatic carbocycles. The van der Waals surface area contributed by atoms with E-state index >= 15 is 0 Å². The third-order valence-electron chi connectivity index (χ3n) is 4.62. The van der Waals surface area contributed by atoms with Crippen molar-refractivity contribution in [3.8, 4) is 0 Å². The minimum Gasteiger partial charge on any atom is -0.465 e. The van der Waals surface area contributed by atoms with Crippen molar-refractivity contribution in [2.45, 2.75) is 90.9 Å². The number of hydrogen-bond acceptors (Lipinski definition) is 4. The predicted octanol–water partition coefficient (Wildman–Crippen LogP) is 4.47. The van der Waals surface area contributed by atoms with Crippen LogP contribution in [-0.2, 0) is 9.53 Å². The molecule has 0 rings (SSSR count). The van der Waals surface area contributed by atoms with Gasteiger partial charge in [0, 0.05) is 5.92 Å². The smallest absolute Gasteiger partial charge is 0.308 e. The fraction of sp³-hybridized carbons (Fsp3) is 0.950. The molecule has 24 heavy (non-hydrogen) atoms. The van der Waals surface area contributed by atoms with Gasteiger partial charge in [0.2, 0.25) is 0 Å². The van der Waals surface area contributed by atoms with Gasteiger partial charge in [-0.25, -0.2) is 0 Å². The van der Waals surface area contributed by atoms with Gasteiger partial charge in [-0.2, -0.15) is 0 Å². The first kappa shape index (κ1) is 23.4. The Balaban J connectivity index is 4.16. The summed E-state index contributed by atoms with van der Waals surface area (Å²) in [6.07, 6.45) is 13.8. The van der Waals surface area contributed by atoms with Crippen LogP contribution < -0.4 is 0 Å². The Bertz CT molecular complexity index is 277. The predicted molar refractivity (Wildman–Crippen MR) is 98.9 cm³/mol. The Labute approximate surface area is 149 Å². The van der Waals surface area contributed by atoms with Crippen LogP contribution >= 0.6 is 0 Å². The number of aliphatic hydroxyl groups excluding tert-OH is 2. The molecule has 2 N–H and O–H groups in total. The fourth-order valence-corrected chi connectivity index (χ4v) is 2.85. The van der Waals surface area contributed by atoms with Crippen molar-refractivity contribution < 1.29 is 19.7 Å². The highest BCUT2D eigenvalue weighted by Crippen LogP contribution is 2.20. The van der Waals surface area contributed by atoms with Gasteiger partial charge in [0.15, 0.2) is 0 Å². The van der Waals surface area contributed by atoms with Crippen LogP contribution in [0.25, 0.3) is 0 Å². The second-order valence-corrected chi connectivity index (χ2v) is 6.96. The second-order valence-electron chi connectivity index (χ2n) is 6.96. The second kappa shape index (κ2) is 17.2. The van der Waals surface area contributed by atoms with Crippen molar-refractivity contribution in [3.63, 3.8) is 0 Å². The minimum absolute atomic E-state index is 0.0222. The summed E-state index contributed by atoms with van der Waals surface area (Å²) in [5.74, 6) is -0.526. The van der Waals surface area contributed by atoms with Gasteiger partial charge < -0.3 is 14.9 Å². The fourth-order valence-electron chi connectivity index (χ4n) is 2.85. The van der Waals surface area contributed by atoms with Crippen LogP contribution in [0.3, 0.4) is 0 Å². The average molecular weight is 345 g/mol. The summed E-state index contributed by atoms with van der Waals surface area (Å²) >= 11 is 0. The third kappa shape index (κ3) is 12.8. The number of carbonyl (C=O) groups excluding carboxylic acids is 1. The van der Waals surface area contributed by atoms with Gasteiger partial charge >= 0.3 is 5.97 Å². The number of carbonyl (C=O) groups is 1. The standard InChI is InChI=1S/C20H40O4/c1-3-5-7-9-10-12-14-19(13-11-8-6-4-2)20(23)24-17-18(15-21)16-22/h18-19,21-22H,3-17H2,1-2H3. The highest BCUT2D eigenvalue weighted by molar-refractivity contribution is 5.72. The molecular formula is C20H40O4. The van der Waals surface area contributed by atoms with Crippen LogP contribution in [0.15, 0.2) is 0 Å². The molecule has 1 atom stereocenters. The Morgan fingerprint density at radius 2 is 1.25 bits per heavy atom. The van der Waals surface area contributed by atoms with Gasteiger partial charge in [0.25, 0.3) is 0 Å². The molecule has 1 unspecified atom stereocenters. The SMILES string of the molecule is CCCCCCCCC(CCCCCC)C(=O)OCC(CO)CO. The highest BCUT2D eigenvalue weighted by atomic mass is 16.5. The molecule has 144 valence electrons. The maximum atomic E-state index is 12.3. The van der Waals surface area contributed by atoms with Crippen molar-refractivity contribution in [1.82, 2.24) is 0 Å². The van der Waals surface area contributed by atoms with E-state index in [1.54, 1.807) is 0 Å². The highest BCUT2D eigenvalue weighted by Gasteiger charge is 2.20. The summed E-state index contributed by atoms with van der Waals surface area (Å²) in [5.41, 5.74) is 0. The van der Waals surface area contributed by atoms with Crippen LogP contribution in [0.2, 0.25) is 0 Å². The maximum Gasteiger partial charge on any atom is 0.308 e. The Hall–Kier alpha value is -0.610. The van der Waals surface area contributed by atoms with E-state index in [9.17, 15) is 4.79 Å². The summed E-state index contributed by atoms with van der Waals surface area (Å²) in [4.78, 5) is 12.3. The lowest BCUT2D eigenvalue weighted by molar-refractivity contribution is -0.151. The van der Waals surface area contributed by atoms with Gasteiger partial charge in [-0.05, 0) is 12.8 Å². The molecule has 0 bridgehead atoms. The van der Waals surface area contributed by atoms with Crippen molar-refractivity contribution in [1.29, 1.82) is 0 Å². The average Bonchev–Trinajstić information content (AvgIpc) is 2.60. The molecule has 0 amide bonds. The van der Waals surface area contributed by atoms with Crippen LogP contribution in [0, 0.1) is 11.8 Å². The molecular weight excluding hydrogens is 304 g/mol. The van der Waals surface area contributed by atoms with Crippen molar-refractivity contribution in [3.05, 3.63) is 0 Å². The number of esters is 1. The van der Waals surface area contributed by atoms with Crippen LogP contribution in [0.1, 0.15) is 90.9 Å². The van der Waals surface area contributed by atoms with E-state index < -0.39 is 0 Å². The molecule has 0 aromatic heterocycles. The van der Waals surface area contributed by atoms with Gasteiger partial charge in [-0.1, -0.05) is 78.1 Å². The van der Waals surface area contributed by atoms with Crippen molar-refractivity contribution in [2.24, 2.45) is 11.8 Å². The Morgan fingerprint density at radius 3 is 1.75 bits per heavy atom. The van der Waals surface area contributed by atoms with Gasteiger partial charge in [0.05, 0.1) is 25.7 Å². The van der Waals surface area contributed by atoms with Crippen LogP contribution in [0.4, 0.5) is 0 Å². The van der Waals surface area contributed by atoms with Gasteiger partial charge in [-0.15, -0.1) is 0 Å². The normalized spacial score (nSPS) is 12.5. The first-order valence-electron chi connectivity index (χ1n) is 10.1. The Morgan fingerprint density at radius 1 is 0.792 bits per heavy atom. The molecule has 0 saturated heterocycles. The zero-order chi connectivity index (χ0) is 18.0. The number of aliphatic hydroxyl groups is 2. The van der Waals surface area contributed by atoms with Gasteiger partial charge in [-0.3, -0.25) is 4.79 Å². The maximum absolute atomic E-state index is 12.3. The first-order valence-corrected chi connectivity index (χ1v) is 10.1. The molecule has 0 spiro atoms. The number of ether oxygens (including phenoxy) is 1. The van der Waals surface area contributed by atoms with E-state index in [1.165, 1.54) is 51.4 Å². The summed E-state index contributed by atoms with van der Waals surface area (Å²) in [6, 6.07) is 0. The Kier molecular flexibility index (Phi) is 16.8. The molecule has 4 heteroatoms. The molecule has 0 aromatic carbocycles. The lowest BCUT2D eigenvalue weighted by atomic mass is 9.94. The number of rotatable bonds is 17. The molecule has 0 aliphatic heterocycles. The molecule has 4 nitrogen and oxygen atoms in total. The number of unbranched alkanes of at least 4 members (excludes halogenated alkanes) is 8. The summed E-state index contributed by atoms with van der Waals surface area (Å²) in [6.45, 7) is 4.22. The molecule has 0 saturated carbocycles. The minimum atomic E-state index is -0.358. The van der Waals surface area contributed by atoms with E-state index in [2.05, 4.69) is 13.8 Å². The van der Waals surface area contributed by atoms with E-state index in [-0.39, 0.29) is 37.6 Å². The van der Waals surface area contributed by atoms with Gasteiger partial charge in [0.1, 0.15) is 0 Å². The zero-order valence-corrected chi connectivity index (χ0v) is 16.0. The zero-order valence-electron chi connectivity index (χ0n) is 16.0. The molecule has 0 radical (unpaired) electrons. The number of hydrogen-bond donors (Lipinski definition) is 2. The monoisotopic (exact) mass is 344 g/mol. The lowest BCUT2D eigenvalue weighted by Crippen LogP contribution is -2.24. The quantitative estimate of drug-likeness (QED) is 0.302. The van der Waals surface area contributed by atoms with Crippen molar-refractivity contribution in [2.75, 3.05) is 19.8 Å². The van der Waals surface area contributed by atoms with E-state index in [0.29, 0.717) is 0 Å². The summed E-state index contributed by atoms with van der Waals surface area (Å²) < 4.78 is 5.34. The molecule has 0 heterocycles. The lowest BCUT2D eigenvalue weighted by Gasteiger charge is -2.18.